The second-order valence-electron chi connectivity index (χ2n) is 6.34. The van der Waals surface area contributed by atoms with Crippen molar-refractivity contribution in [1.29, 1.82) is 0 Å². The van der Waals surface area contributed by atoms with Crippen LogP contribution < -0.4 is 15.6 Å². The van der Waals surface area contributed by atoms with Crippen LogP contribution in [0.2, 0.25) is 0 Å². The van der Waals surface area contributed by atoms with E-state index in [0.29, 0.717) is 21.9 Å². The van der Waals surface area contributed by atoms with Gasteiger partial charge in [-0.2, -0.15) is 0 Å². The van der Waals surface area contributed by atoms with Gasteiger partial charge >= 0.3 is 0 Å². The Kier molecular flexibility index (Phi) is 4.87. The quantitative estimate of drug-likeness (QED) is 0.481. The fraction of sp³-hybridized carbons (Fsp3) is 0.111. The Hall–Kier alpha value is -3.51. The topological polar surface area (TPSA) is 136 Å². The lowest BCUT2D eigenvalue weighted by molar-refractivity contribution is 0.102. The molecule has 3 heterocycles. The Morgan fingerprint density at radius 1 is 1.20 bits per heavy atom. The lowest BCUT2D eigenvalue weighted by Crippen LogP contribution is -2.25. The number of thiazole rings is 1. The van der Waals surface area contributed by atoms with Crippen LogP contribution in [0.3, 0.4) is 0 Å². The number of benzene rings is 1. The number of nitrogens with one attached hydrogen (secondary N) is 2. The van der Waals surface area contributed by atoms with E-state index in [2.05, 4.69) is 20.2 Å². The highest BCUT2D eigenvalue weighted by atomic mass is 32.2. The molecule has 12 heteroatoms. The summed E-state index contributed by atoms with van der Waals surface area (Å²) in [7, 11) is -3.90. The summed E-state index contributed by atoms with van der Waals surface area (Å²) in [6, 6.07) is 5.48. The highest BCUT2D eigenvalue weighted by molar-refractivity contribution is 7.92. The number of aromatic nitrogens is 3. The van der Waals surface area contributed by atoms with Crippen molar-refractivity contribution >= 4 is 43.8 Å². The molecule has 0 atom stereocenters. The Labute approximate surface area is 174 Å². The molecule has 1 amide bonds. The van der Waals surface area contributed by atoms with Crippen LogP contribution in [0.5, 0.6) is 0 Å². The van der Waals surface area contributed by atoms with Crippen molar-refractivity contribution in [2.24, 2.45) is 0 Å². The van der Waals surface area contributed by atoms with Crippen molar-refractivity contribution < 1.29 is 17.7 Å². The van der Waals surface area contributed by atoms with E-state index in [0.717, 1.165) is 0 Å². The van der Waals surface area contributed by atoms with Crippen molar-refractivity contribution in [3.8, 4) is 0 Å². The smallest absolute Gasteiger partial charge is 0.271 e. The molecule has 0 radical (unpaired) electrons. The van der Waals surface area contributed by atoms with E-state index in [1.807, 2.05) is 0 Å². The first-order valence-electron chi connectivity index (χ1n) is 8.58. The van der Waals surface area contributed by atoms with Crippen LogP contribution >= 0.6 is 11.3 Å². The molecule has 4 rings (SSSR count). The summed E-state index contributed by atoms with van der Waals surface area (Å²) in [6.07, 6.45) is 2.75. The molecule has 0 saturated carbocycles. The number of anilines is 2. The number of hydrogen-bond donors (Lipinski definition) is 2. The molecule has 0 unspecified atom stereocenters. The SMILES string of the molecule is Cc1noc(NS(=O)(=O)c2ccc(NC(=O)c3cnc4sccn4c3=O)cc2)c1C. The minimum atomic E-state index is -3.90. The summed E-state index contributed by atoms with van der Waals surface area (Å²) in [5.41, 5.74) is 0.877. The zero-order valence-corrected chi connectivity index (χ0v) is 17.4. The van der Waals surface area contributed by atoms with Gasteiger partial charge in [-0.1, -0.05) is 5.16 Å². The van der Waals surface area contributed by atoms with Gasteiger partial charge in [0.1, 0.15) is 5.56 Å². The molecule has 0 aliphatic rings. The molecule has 4 aromatic rings. The van der Waals surface area contributed by atoms with Crippen molar-refractivity contribution in [2.75, 3.05) is 10.0 Å². The minimum Gasteiger partial charge on any atom is -0.337 e. The van der Waals surface area contributed by atoms with Gasteiger partial charge in [-0.05, 0) is 38.1 Å². The van der Waals surface area contributed by atoms with Gasteiger partial charge < -0.3 is 9.84 Å². The maximum Gasteiger partial charge on any atom is 0.271 e. The van der Waals surface area contributed by atoms with Crippen LogP contribution in [0.25, 0.3) is 4.96 Å². The number of hydrogen-bond acceptors (Lipinski definition) is 8. The summed E-state index contributed by atoms with van der Waals surface area (Å²) in [4.78, 5) is 29.4. The molecule has 0 aliphatic carbocycles. The lowest BCUT2D eigenvalue weighted by atomic mass is 10.2. The molecule has 0 aliphatic heterocycles. The van der Waals surface area contributed by atoms with Gasteiger partial charge in [0.2, 0.25) is 5.88 Å². The summed E-state index contributed by atoms with van der Waals surface area (Å²) in [6.45, 7) is 3.39. The number of amides is 1. The minimum absolute atomic E-state index is 0.0321. The molecule has 0 fully saturated rings. The molecule has 3 aromatic heterocycles. The second-order valence-corrected chi connectivity index (χ2v) is 8.89. The monoisotopic (exact) mass is 445 g/mol. The van der Waals surface area contributed by atoms with Crippen LogP contribution in [0.4, 0.5) is 11.6 Å². The number of sulfonamides is 1. The third-order valence-corrected chi connectivity index (χ3v) is 6.51. The molecule has 0 bridgehead atoms. The van der Waals surface area contributed by atoms with Crippen LogP contribution in [-0.4, -0.2) is 28.9 Å². The first kappa shape index (κ1) is 19.8. The van der Waals surface area contributed by atoms with Crippen molar-refractivity contribution in [2.45, 2.75) is 18.7 Å². The Morgan fingerprint density at radius 3 is 2.60 bits per heavy atom. The van der Waals surface area contributed by atoms with E-state index in [9.17, 15) is 18.0 Å². The highest BCUT2D eigenvalue weighted by Gasteiger charge is 2.20. The Balaban J connectivity index is 1.53. The van der Waals surface area contributed by atoms with Crippen LogP contribution in [-0.2, 0) is 10.0 Å². The number of carbonyl (C=O) groups is 1. The van der Waals surface area contributed by atoms with E-state index < -0.39 is 21.5 Å². The first-order chi connectivity index (χ1) is 14.3. The van der Waals surface area contributed by atoms with Crippen LogP contribution in [0, 0.1) is 13.8 Å². The largest absolute Gasteiger partial charge is 0.337 e. The van der Waals surface area contributed by atoms with Crippen molar-refractivity contribution in [1.82, 2.24) is 14.5 Å². The van der Waals surface area contributed by atoms with E-state index in [1.165, 1.54) is 52.4 Å². The average Bonchev–Trinajstić information content (AvgIpc) is 3.31. The maximum atomic E-state index is 12.5. The maximum absolute atomic E-state index is 12.5. The molecular formula is C18H15N5O5S2. The van der Waals surface area contributed by atoms with Gasteiger partial charge in [0.25, 0.3) is 21.5 Å². The van der Waals surface area contributed by atoms with E-state index in [1.54, 1.807) is 19.2 Å². The zero-order chi connectivity index (χ0) is 21.5. The molecule has 1 aromatic carbocycles. The summed E-state index contributed by atoms with van der Waals surface area (Å²) in [5, 5.41) is 7.97. The number of carbonyl (C=O) groups excluding carboxylic acids is 1. The molecule has 10 nitrogen and oxygen atoms in total. The van der Waals surface area contributed by atoms with Gasteiger partial charge in [-0.15, -0.1) is 11.3 Å². The van der Waals surface area contributed by atoms with Gasteiger partial charge in [0, 0.05) is 29.0 Å². The number of nitrogens with zero attached hydrogens (tertiary/aromatic N) is 3. The van der Waals surface area contributed by atoms with Gasteiger partial charge in [-0.3, -0.25) is 14.0 Å². The molecule has 30 heavy (non-hydrogen) atoms. The Bertz CT molecular complexity index is 1420. The molecular weight excluding hydrogens is 430 g/mol. The number of aryl methyl sites for hydroxylation is 1. The highest BCUT2D eigenvalue weighted by Crippen LogP contribution is 2.22. The standard InChI is InChI=1S/C18H15N5O5S2/c1-10-11(2)21-28-16(10)22-30(26,27)13-5-3-12(4-6-13)20-15(24)14-9-19-18-23(17(14)25)7-8-29-18/h3-9,22H,1-2H3,(H,20,24). The predicted molar refractivity (Wildman–Crippen MR) is 111 cm³/mol. The lowest BCUT2D eigenvalue weighted by Gasteiger charge is -2.08. The third-order valence-electron chi connectivity index (χ3n) is 4.39. The fourth-order valence-corrected chi connectivity index (χ4v) is 4.31. The molecule has 2 N–H and O–H groups in total. The average molecular weight is 445 g/mol. The zero-order valence-electron chi connectivity index (χ0n) is 15.7. The van der Waals surface area contributed by atoms with E-state index in [-0.39, 0.29) is 16.3 Å². The Morgan fingerprint density at radius 2 is 1.93 bits per heavy atom. The predicted octanol–water partition coefficient (Wildman–Crippen LogP) is 2.41. The second kappa shape index (κ2) is 7.39. The van der Waals surface area contributed by atoms with Gasteiger partial charge in [0.15, 0.2) is 4.96 Å². The van der Waals surface area contributed by atoms with Crippen LogP contribution in [0.1, 0.15) is 21.6 Å². The van der Waals surface area contributed by atoms with Gasteiger partial charge in [0.05, 0.1) is 10.6 Å². The summed E-state index contributed by atoms with van der Waals surface area (Å²) in [5.74, 6) is -0.601. The summed E-state index contributed by atoms with van der Waals surface area (Å²) >= 11 is 1.28. The van der Waals surface area contributed by atoms with E-state index >= 15 is 0 Å². The molecule has 154 valence electrons. The van der Waals surface area contributed by atoms with Crippen LogP contribution in [0.15, 0.2) is 56.3 Å². The van der Waals surface area contributed by atoms with Crippen molar-refractivity contribution in [3.63, 3.8) is 0 Å². The summed E-state index contributed by atoms with van der Waals surface area (Å²) < 4.78 is 33.6. The normalized spacial score (nSPS) is 11.5. The molecule has 0 saturated heterocycles. The fourth-order valence-electron chi connectivity index (χ4n) is 2.59. The van der Waals surface area contributed by atoms with E-state index in [4.69, 9.17) is 4.52 Å². The third kappa shape index (κ3) is 3.57. The number of fused-ring (bicyclic) bond motifs is 1. The molecule has 0 spiro atoms. The van der Waals surface area contributed by atoms with Gasteiger partial charge in [-0.25, -0.2) is 18.1 Å². The van der Waals surface area contributed by atoms with Crippen molar-refractivity contribution in [3.05, 3.63) is 69.2 Å². The first-order valence-corrected chi connectivity index (χ1v) is 10.9. The number of rotatable bonds is 5.